The van der Waals surface area contributed by atoms with Crippen LogP contribution < -0.4 is 5.73 Å². The van der Waals surface area contributed by atoms with Crippen molar-refractivity contribution in [1.82, 2.24) is 4.90 Å². The minimum Gasteiger partial charge on any atom is -0.395 e. The molecule has 1 aliphatic carbocycles. The number of rotatable bonds is 6. The first-order valence-corrected chi connectivity index (χ1v) is 7.24. The number of nitrogens with two attached hydrogens (primary N) is 1. The zero-order valence-electron chi connectivity index (χ0n) is 9.10. The van der Waals surface area contributed by atoms with Crippen molar-refractivity contribution < 1.29 is 5.11 Å². The fourth-order valence-corrected chi connectivity index (χ4v) is 3.61. The van der Waals surface area contributed by atoms with E-state index in [1.807, 2.05) is 0 Å². The van der Waals surface area contributed by atoms with Crippen molar-refractivity contribution in [1.29, 1.82) is 0 Å². The van der Waals surface area contributed by atoms with Gasteiger partial charge in [-0.1, -0.05) is 0 Å². The van der Waals surface area contributed by atoms with Gasteiger partial charge in [0.15, 0.2) is 0 Å². The Bertz CT molecular complexity index is 340. The van der Waals surface area contributed by atoms with Crippen LogP contribution in [0.5, 0.6) is 0 Å². The van der Waals surface area contributed by atoms with Gasteiger partial charge in [0.2, 0.25) is 0 Å². The number of aliphatic hydroxyl groups excluding tert-OH is 1. The molecule has 0 saturated heterocycles. The lowest BCUT2D eigenvalue weighted by Gasteiger charge is -2.29. The third-order valence-corrected chi connectivity index (χ3v) is 4.71. The van der Waals surface area contributed by atoms with E-state index >= 15 is 0 Å². The van der Waals surface area contributed by atoms with Gasteiger partial charge < -0.3 is 10.8 Å². The van der Waals surface area contributed by atoms with Crippen LogP contribution in [0.4, 0.5) is 0 Å². The normalized spacial score (nSPS) is 18.0. The number of hydrogen-bond acceptors (Lipinski definition) is 4. The molecule has 1 heterocycles. The molecule has 16 heavy (non-hydrogen) atoms. The lowest BCUT2D eigenvalue weighted by Crippen LogP contribution is -2.37. The molecule has 0 aliphatic heterocycles. The van der Waals surface area contributed by atoms with Gasteiger partial charge in [-0.25, -0.2) is 0 Å². The smallest absolute Gasteiger partial charge is 0.0568 e. The highest BCUT2D eigenvalue weighted by Gasteiger charge is 2.34. The average Bonchev–Trinajstić information content (AvgIpc) is 3.02. The minimum absolute atomic E-state index is 0.208. The highest BCUT2D eigenvalue weighted by molar-refractivity contribution is 9.10. The van der Waals surface area contributed by atoms with Crippen LogP contribution in [-0.2, 0) is 0 Å². The van der Waals surface area contributed by atoms with Gasteiger partial charge >= 0.3 is 0 Å². The van der Waals surface area contributed by atoms with Crippen LogP contribution >= 0.6 is 27.3 Å². The van der Waals surface area contributed by atoms with Gasteiger partial charge in [-0.05, 0) is 34.8 Å². The molecule has 90 valence electrons. The number of thiophene rings is 1. The summed E-state index contributed by atoms with van der Waals surface area (Å²) in [6.07, 6.45) is 2.48. The Labute approximate surface area is 108 Å². The predicted molar refractivity (Wildman–Crippen MR) is 70.6 cm³/mol. The summed E-state index contributed by atoms with van der Waals surface area (Å²) >= 11 is 5.20. The highest BCUT2D eigenvalue weighted by Crippen LogP contribution is 2.36. The van der Waals surface area contributed by atoms with Crippen LogP contribution in [0.1, 0.15) is 23.8 Å². The molecule has 0 radical (unpaired) electrons. The van der Waals surface area contributed by atoms with E-state index in [1.165, 1.54) is 17.7 Å². The summed E-state index contributed by atoms with van der Waals surface area (Å²) < 4.78 is 1.12. The van der Waals surface area contributed by atoms with E-state index in [2.05, 4.69) is 32.3 Å². The maximum Gasteiger partial charge on any atom is 0.0568 e. The van der Waals surface area contributed by atoms with E-state index in [1.54, 1.807) is 11.3 Å². The molecule has 5 heteroatoms. The molecule has 1 fully saturated rings. The number of hydrogen-bond donors (Lipinski definition) is 2. The van der Waals surface area contributed by atoms with Gasteiger partial charge in [0.05, 0.1) is 12.6 Å². The van der Waals surface area contributed by atoms with Gasteiger partial charge in [-0.3, -0.25) is 4.90 Å². The molecule has 1 aromatic heterocycles. The second-order valence-corrected chi connectivity index (χ2v) is 5.97. The summed E-state index contributed by atoms with van der Waals surface area (Å²) in [5, 5.41) is 11.2. The molecule has 3 nitrogen and oxygen atoms in total. The summed E-state index contributed by atoms with van der Waals surface area (Å²) in [5.41, 5.74) is 5.88. The van der Waals surface area contributed by atoms with Gasteiger partial charge in [0, 0.05) is 33.9 Å². The molecule has 0 bridgehead atoms. The van der Waals surface area contributed by atoms with Crippen molar-refractivity contribution in [3.05, 3.63) is 20.8 Å². The second-order valence-electron chi connectivity index (χ2n) is 4.11. The standard InChI is InChI=1S/C11H17BrN2OS/c12-8-5-11(16-7-8)10(6-13)14(3-4-15)9-1-2-9/h5,7,9-10,15H,1-4,6,13H2. The summed E-state index contributed by atoms with van der Waals surface area (Å²) in [6, 6.07) is 3.02. The molecule has 1 aromatic rings. The Morgan fingerprint density at radius 2 is 2.38 bits per heavy atom. The fourth-order valence-electron chi connectivity index (χ4n) is 2.03. The average molecular weight is 305 g/mol. The predicted octanol–water partition coefficient (Wildman–Crippen LogP) is 1.97. The summed E-state index contributed by atoms with van der Waals surface area (Å²) in [4.78, 5) is 3.63. The van der Waals surface area contributed by atoms with E-state index in [0.717, 1.165) is 11.0 Å². The molecule has 0 aromatic carbocycles. The number of halogens is 1. The monoisotopic (exact) mass is 304 g/mol. The third-order valence-electron chi connectivity index (χ3n) is 2.91. The van der Waals surface area contributed by atoms with Crippen LogP contribution in [0.3, 0.4) is 0 Å². The molecule has 1 aliphatic rings. The lowest BCUT2D eigenvalue weighted by molar-refractivity contribution is 0.147. The summed E-state index contributed by atoms with van der Waals surface area (Å²) in [5.74, 6) is 0. The Morgan fingerprint density at radius 3 is 2.81 bits per heavy atom. The third kappa shape index (κ3) is 2.84. The van der Waals surface area contributed by atoms with Crippen molar-refractivity contribution in [2.45, 2.75) is 24.9 Å². The minimum atomic E-state index is 0.208. The quantitative estimate of drug-likeness (QED) is 0.845. The molecule has 1 atom stereocenters. The first-order chi connectivity index (χ1) is 7.76. The van der Waals surface area contributed by atoms with Crippen LogP contribution in [0.25, 0.3) is 0 Å². The number of nitrogens with zero attached hydrogens (tertiary/aromatic N) is 1. The Balaban J connectivity index is 2.12. The van der Waals surface area contributed by atoms with E-state index in [-0.39, 0.29) is 12.6 Å². The SMILES string of the molecule is NCC(c1cc(Br)cs1)N(CCO)C1CC1. The van der Waals surface area contributed by atoms with Crippen molar-refractivity contribution in [2.24, 2.45) is 5.73 Å². The van der Waals surface area contributed by atoms with Gasteiger partial charge in [0.25, 0.3) is 0 Å². The maximum absolute atomic E-state index is 9.12. The molecule has 1 saturated carbocycles. The Morgan fingerprint density at radius 1 is 1.62 bits per heavy atom. The molecule has 0 amide bonds. The van der Waals surface area contributed by atoms with Gasteiger partial charge in [-0.2, -0.15) is 0 Å². The molecular formula is C11H17BrN2OS. The molecule has 2 rings (SSSR count). The van der Waals surface area contributed by atoms with E-state index < -0.39 is 0 Å². The van der Waals surface area contributed by atoms with E-state index in [9.17, 15) is 0 Å². The first kappa shape index (κ1) is 12.5. The second kappa shape index (κ2) is 5.60. The van der Waals surface area contributed by atoms with Gasteiger partial charge in [0.1, 0.15) is 0 Å². The molecular weight excluding hydrogens is 288 g/mol. The molecule has 1 unspecified atom stereocenters. The van der Waals surface area contributed by atoms with Crippen LogP contribution in [-0.4, -0.2) is 35.7 Å². The summed E-state index contributed by atoms with van der Waals surface area (Å²) in [6.45, 7) is 1.55. The largest absolute Gasteiger partial charge is 0.395 e. The maximum atomic E-state index is 9.12. The highest BCUT2D eigenvalue weighted by atomic mass is 79.9. The zero-order chi connectivity index (χ0) is 11.5. The van der Waals surface area contributed by atoms with Crippen LogP contribution in [0.15, 0.2) is 15.9 Å². The first-order valence-electron chi connectivity index (χ1n) is 5.57. The molecule has 0 spiro atoms. The fraction of sp³-hybridized carbons (Fsp3) is 0.636. The van der Waals surface area contributed by atoms with Gasteiger partial charge in [-0.15, -0.1) is 11.3 Å². The van der Waals surface area contributed by atoms with Crippen molar-refractivity contribution in [3.8, 4) is 0 Å². The zero-order valence-corrected chi connectivity index (χ0v) is 11.5. The Kier molecular flexibility index (Phi) is 4.38. The topological polar surface area (TPSA) is 49.5 Å². The van der Waals surface area contributed by atoms with E-state index in [4.69, 9.17) is 10.8 Å². The van der Waals surface area contributed by atoms with Crippen molar-refractivity contribution in [2.75, 3.05) is 19.7 Å². The van der Waals surface area contributed by atoms with Crippen molar-refractivity contribution >= 4 is 27.3 Å². The summed E-state index contributed by atoms with van der Waals surface area (Å²) in [7, 11) is 0. The van der Waals surface area contributed by atoms with Crippen molar-refractivity contribution in [3.63, 3.8) is 0 Å². The lowest BCUT2D eigenvalue weighted by atomic mass is 10.2. The Hall–Kier alpha value is 0.0600. The van der Waals surface area contributed by atoms with E-state index in [0.29, 0.717) is 12.6 Å². The number of aliphatic hydroxyl groups is 1. The van der Waals surface area contributed by atoms with Crippen LogP contribution in [0, 0.1) is 0 Å². The van der Waals surface area contributed by atoms with Crippen LogP contribution in [0.2, 0.25) is 0 Å². The molecule has 3 N–H and O–H groups in total.